The number of nitrogens with zero attached hydrogens (tertiary/aromatic N) is 5. The first-order chi connectivity index (χ1) is 18.7. The summed E-state index contributed by atoms with van der Waals surface area (Å²) in [6.07, 6.45) is 5.98. The van der Waals surface area contributed by atoms with Crippen molar-refractivity contribution in [3.05, 3.63) is 47.1 Å². The molecule has 0 aromatic carbocycles. The zero-order valence-electron chi connectivity index (χ0n) is 21.4. The summed E-state index contributed by atoms with van der Waals surface area (Å²) >= 11 is 1.10. The van der Waals surface area contributed by atoms with Crippen LogP contribution in [-0.4, -0.2) is 76.8 Å². The van der Waals surface area contributed by atoms with Crippen molar-refractivity contribution >= 4 is 33.0 Å². The molecule has 0 bridgehead atoms. The van der Waals surface area contributed by atoms with Gasteiger partial charge in [0.15, 0.2) is 5.01 Å². The van der Waals surface area contributed by atoms with Crippen LogP contribution in [0, 0.1) is 0 Å². The molecule has 2 aliphatic rings. The van der Waals surface area contributed by atoms with Crippen LogP contribution in [0.4, 0.5) is 10.1 Å². The zero-order chi connectivity index (χ0) is 27.6. The van der Waals surface area contributed by atoms with Crippen LogP contribution in [0.3, 0.4) is 0 Å². The molecule has 11 nitrogen and oxygen atoms in total. The van der Waals surface area contributed by atoms with E-state index in [0.717, 1.165) is 11.3 Å². The summed E-state index contributed by atoms with van der Waals surface area (Å²) in [5, 5.41) is -0.280. The molecule has 14 heteroatoms. The maximum atomic E-state index is 13.9. The number of aromatic nitrogens is 4. The standard InChI is InChI=1S/C25H30FN7O4S2/c1-2-37-21-13-28-12-20(30-21)23-22(31-25(38-23)24(27)34)18(7-10-33-9-6-15(26)14-33)19-11-16(5-8-29-19)32-39(35,36)17-3-4-17/h5,8,11-13,15,17-18H,2-4,6-7,9-10,14H2,1H3,(H2,27,34)(H,29,32)/t15-,18+/m0/s1. The fourth-order valence-corrected chi connectivity index (χ4v) is 6.90. The minimum absolute atomic E-state index is 0.101. The Hall–Kier alpha value is -3.23. The number of hydrogen-bond donors (Lipinski definition) is 2. The largest absolute Gasteiger partial charge is 0.477 e. The lowest BCUT2D eigenvalue weighted by Crippen LogP contribution is -2.24. The summed E-state index contributed by atoms with van der Waals surface area (Å²) in [6.45, 7) is 3.78. The van der Waals surface area contributed by atoms with Crippen LogP contribution in [0.5, 0.6) is 5.88 Å². The van der Waals surface area contributed by atoms with Crippen molar-refractivity contribution in [3.63, 3.8) is 0 Å². The predicted molar refractivity (Wildman–Crippen MR) is 145 cm³/mol. The number of ether oxygens (including phenoxy) is 1. The summed E-state index contributed by atoms with van der Waals surface area (Å²) in [7, 11) is -3.48. The lowest BCUT2D eigenvalue weighted by atomic mass is 9.94. The molecule has 2 fully saturated rings. The fraction of sp³-hybridized carbons (Fsp3) is 0.480. The van der Waals surface area contributed by atoms with Crippen molar-refractivity contribution in [1.82, 2.24) is 24.8 Å². The number of anilines is 1. The third-order valence-corrected chi connectivity index (χ3v) is 9.62. The van der Waals surface area contributed by atoms with Crippen molar-refractivity contribution < 1.29 is 22.3 Å². The van der Waals surface area contributed by atoms with E-state index >= 15 is 0 Å². The second-order valence-corrected chi connectivity index (χ2v) is 12.6. The Balaban J connectivity index is 1.55. The minimum atomic E-state index is -3.48. The highest BCUT2D eigenvalue weighted by Gasteiger charge is 2.36. The Kier molecular flexibility index (Phi) is 8.05. The highest BCUT2D eigenvalue weighted by molar-refractivity contribution is 7.93. The van der Waals surface area contributed by atoms with E-state index in [1.807, 2.05) is 11.8 Å². The molecule has 3 N–H and O–H groups in total. The van der Waals surface area contributed by atoms with Gasteiger partial charge in [0.05, 0.1) is 46.2 Å². The van der Waals surface area contributed by atoms with Gasteiger partial charge in [-0.05, 0) is 51.3 Å². The van der Waals surface area contributed by atoms with Gasteiger partial charge in [0.2, 0.25) is 15.9 Å². The first-order valence-electron chi connectivity index (χ1n) is 12.8. The molecule has 0 radical (unpaired) electrons. The molecule has 0 unspecified atom stereocenters. The number of halogens is 1. The van der Waals surface area contributed by atoms with Gasteiger partial charge in [-0.15, -0.1) is 11.3 Å². The SMILES string of the molecule is CCOc1cncc(-c2sc(C(N)=O)nc2[C@H](CCN2CC[C@H](F)C2)c2cc(NS(=O)(=O)C3CC3)ccn2)n1. The molecule has 4 heterocycles. The van der Waals surface area contributed by atoms with Crippen LogP contribution in [-0.2, 0) is 10.0 Å². The van der Waals surface area contributed by atoms with Crippen LogP contribution >= 0.6 is 11.3 Å². The van der Waals surface area contributed by atoms with Crippen LogP contribution < -0.4 is 15.2 Å². The smallest absolute Gasteiger partial charge is 0.277 e. The minimum Gasteiger partial charge on any atom is -0.477 e. The molecule has 39 heavy (non-hydrogen) atoms. The third kappa shape index (κ3) is 6.50. The van der Waals surface area contributed by atoms with Gasteiger partial charge in [-0.25, -0.2) is 22.8 Å². The molecule has 3 aromatic heterocycles. The summed E-state index contributed by atoms with van der Waals surface area (Å²) in [4.78, 5) is 32.7. The molecule has 208 valence electrons. The van der Waals surface area contributed by atoms with E-state index in [2.05, 4.69) is 24.7 Å². The molecule has 1 saturated heterocycles. The lowest BCUT2D eigenvalue weighted by Gasteiger charge is -2.21. The van der Waals surface area contributed by atoms with Gasteiger partial charge in [0.1, 0.15) is 11.9 Å². The van der Waals surface area contributed by atoms with Gasteiger partial charge in [0.25, 0.3) is 5.91 Å². The van der Waals surface area contributed by atoms with Gasteiger partial charge in [0, 0.05) is 25.2 Å². The number of likely N-dealkylation sites (tertiary alicyclic amines) is 1. The molecular weight excluding hydrogens is 545 g/mol. The summed E-state index contributed by atoms with van der Waals surface area (Å²) in [6, 6.07) is 3.28. The first kappa shape index (κ1) is 27.3. The van der Waals surface area contributed by atoms with Crippen LogP contribution in [0.1, 0.15) is 59.7 Å². The predicted octanol–water partition coefficient (Wildman–Crippen LogP) is 2.96. The maximum absolute atomic E-state index is 13.9. The van der Waals surface area contributed by atoms with Crippen molar-refractivity contribution in [1.29, 1.82) is 0 Å². The number of carbonyl (C=O) groups is 1. The lowest BCUT2D eigenvalue weighted by molar-refractivity contribution is 0.0999. The molecule has 1 amide bonds. The first-order valence-corrected chi connectivity index (χ1v) is 15.2. The van der Waals surface area contributed by atoms with E-state index in [4.69, 9.17) is 10.5 Å². The highest BCUT2D eigenvalue weighted by atomic mass is 32.2. The number of carbonyl (C=O) groups excluding carboxylic acids is 1. The van der Waals surface area contributed by atoms with Crippen LogP contribution in [0.25, 0.3) is 10.6 Å². The normalized spacial score (nSPS) is 18.7. The Labute approximate surface area is 230 Å². The third-order valence-electron chi connectivity index (χ3n) is 6.64. The van der Waals surface area contributed by atoms with Crippen LogP contribution in [0.15, 0.2) is 30.7 Å². The monoisotopic (exact) mass is 575 g/mol. The van der Waals surface area contributed by atoms with Crippen LogP contribution in [0.2, 0.25) is 0 Å². The van der Waals surface area contributed by atoms with E-state index in [-0.39, 0.29) is 10.3 Å². The number of alkyl halides is 1. The summed E-state index contributed by atoms with van der Waals surface area (Å²) in [5.41, 5.74) is 7.54. The number of amides is 1. The van der Waals surface area contributed by atoms with E-state index in [1.165, 1.54) is 12.4 Å². The number of nitrogens with one attached hydrogen (secondary N) is 1. The van der Waals surface area contributed by atoms with Crippen molar-refractivity contribution in [3.8, 4) is 16.5 Å². The number of nitrogens with two attached hydrogens (primary N) is 1. The average molecular weight is 576 g/mol. The van der Waals surface area contributed by atoms with E-state index in [0.29, 0.717) is 85.5 Å². The van der Waals surface area contributed by atoms with E-state index in [1.54, 1.807) is 18.3 Å². The van der Waals surface area contributed by atoms with Gasteiger partial charge in [-0.2, -0.15) is 0 Å². The number of hydrogen-bond acceptors (Lipinski definition) is 10. The van der Waals surface area contributed by atoms with Crippen molar-refractivity contribution in [2.75, 3.05) is 31.0 Å². The molecule has 1 aliphatic heterocycles. The molecular formula is C25H30FN7O4S2. The Morgan fingerprint density at radius 1 is 1.31 bits per heavy atom. The number of primary amides is 1. The highest BCUT2D eigenvalue weighted by Crippen LogP contribution is 2.39. The average Bonchev–Trinajstić information content (AvgIpc) is 3.56. The Morgan fingerprint density at radius 3 is 2.82 bits per heavy atom. The van der Waals surface area contributed by atoms with E-state index in [9.17, 15) is 17.6 Å². The maximum Gasteiger partial charge on any atom is 0.277 e. The van der Waals surface area contributed by atoms with Gasteiger partial charge in [-0.1, -0.05) is 0 Å². The topological polar surface area (TPSA) is 153 Å². The number of pyridine rings is 1. The molecule has 1 aliphatic carbocycles. The quantitative estimate of drug-likeness (QED) is 0.332. The Bertz CT molecular complexity index is 1450. The number of sulfonamides is 1. The van der Waals surface area contributed by atoms with E-state index < -0.39 is 28.0 Å². The summed E-state index contributed by atoms with van der Waals surface area (Å²) in [5.74, 6) is -0.822. The van der Waals surface area contributed by atoms with Gasteiger partial charge < -0.3 is 15.4 Å². The molecule has 3 aromatic rings. The summed E-state index contributed by atoms with van der Waals surface area (Å²) < 4.78 is 47.2. The zero-order valence-corrected chi connectivity index (χ0v) is 23.0. The number of rotatable bonds is 12. The molecule has 1 saturated carbocycles. The van der Waals surface area contributed by atoms with Gasteiger partial charge >= 0.3 is 0 Å². The van der Waals surface area contributed by atoms with Gasteiger partial charge in [-0.3, -0.25) is 19.5 Å². The number of thiazole rings is 1. The molecule has 5 rings (SSSR count). The molecule has 0 spiro atoms. The molecule has 2 atom stereocenters. The van der Waals surface area contributed by atoms with Crippen molar-refractivity contribution in [2.24, 2.45) is 5.73 Å². The Morgan fingerprint density at radius 2 is 2.13 bits per heavy atom. The second kappa shape index (κ2) is 11.5. The fourth-order valence-electron chi connectivity index (χ4n) is 4.59. The van der Waals surface area contributed by atoms with Crippen molar-refractivity contribution in [2.45, 2.75) is 49.9 Å². The second-order valence-electron chi connectivity index (χ2n) is 9.62.